The number of ether oxygens (including phenoxy) is 1. The van der Waals surface area contributed by atoms with Gasteiger partial charge in [-0.25, -0.2) is 4.68 Å². The first-order chi connectivity index (χ1) is 6.31. The van der Waals surface area contributed by atoms with Crippen LogP contribution >= 0.6 is 0 Å². The summed E-state index contributed by atoms with van der Waals surface area (Å²) in [5.41, 5.74) is 6.34. The molecule has 1 saturated heterocycles. The van der Waals surface area contributed by atoms with Gasteiger partial charge < -0.3 is 15.6 Å². The van der Waals surface area contributed by atoms with E-state index in [1.54, 1.807) is 10.9 Å². The minimum absolute atomic E-state index is 0.0340. The van der Waals surface area contributed by atoms with E-state index in [-0.39, 0.29) is 18.7 Å². The lowest BCUT2D eigenvalue weighted by Gasteiger charge is -2.11. The highest BCUT2D eigenvalue weighted by Crippen LogP contribution is 2.16. The minimum atomic E-state index is -0.0944. The molecule has 1 aromatic heterocycles. The van der Waals surface area contributed by atoms with E-state index in [0.717, 1.165) is 0 Å². The van der Waals surface area contributed by atoms with Crippen molar-refractivity contribution in [1.29, 1.82) is 0 Å². The summed E-state index contributed by atoms with van der Waals surface area (Å²) < 4.78 is 6.85. The molecule has 0 saturated carbocycles. The van der Waals surface area contributed by atoms with Crippen LogP contribution in [0.25, 0.3) is 0 Å². The van der Waals surface area contributed by atoms with Gasteiger partial charge in [0.05, 0.1) is 38.1 Å². The third-order valence-corrected chi connectivity index (χ3v) is 2.15. The highest BCUT2D eigenvalue weighted by atomic mass is 16.5. The van der Waals surface area contributed by atoms with Crippen molar-refractivity contribution in [1.82, 2.24) is 15.0 Å². The molecule has 0 amide bonds. The van der Waals surface area contributed by atoms with Crippen molar-refractivity contribution in [2.24, 2.45) is 5.73 Å². The molecule has 0 aromatic carbocycles. The molecule has 1 fully saturated rings. The van der Waals surface area contributed by atoms with Gasteiger partial charge in [0.15, 0.2) is 0 Å². The molecule has 0 bridgehead atoms. The van der Waals surface area contributed by atoms with Gasteiger partial charge in [0.2, 0.25) is 0 Å². The monoisotopic (exact) mass is 184 g/mol. The Balaban J connectivity index is 2.15. The Hall–Kier alpha value is -0.980. The third-order valence-electron chi connectivity index (χ3n) is 2.15. The number of nitrogens with two attached hydrogens (primary N) is 1. The van der Waals surface area contributed by atoms with Gasteiger partial charge in [-0.05, 0) is 0 Å². The number of aromatic nitrogens is 3. The average Bonchev–Trinajstić information content (AvgIpc) is 2.71. The largest absolute Gasteiger partial charge is 0.390 e. The Labute approximate surface area is 75.3 Å². The van der Waals surface area contributed by atoms with Crippen LogP contribution in [0.1, 0.15) is 11.7 Å². The molecule has 2 unspecified atom stereocenters. The molecular formula is C7H12N4O2. The Morgan fingerprint density at radius 2 is 2.54 bits per heavy atom. The second kappa shape index (κ2) is 3.41. The summed E-state index contributed by atoms with van der Waals surface area (Å²) in [6, 6.07) is 0.0149. The maximum Gasteiger partial charge on any atom is 0.108 e. The predicted octanol–water partition coefficient (Wildman–Crippen LogP) is -1.33. The maximum atomic E-state index is 8.78. The van der Waals surface area contributed by atoms with Crippen LogP contribution in [0.4, 0.5) is 0 Å². The molecule has 1 aromatic rings. The molecule has 0 aliphatic carbocycles. The van der Waals surface area contributed by atoms with Gasteiger partial charge in [-0.3, -0.25) is 0 Å². The van der Waals surface area contributed by atoms with Crippen LogP contribution in [-0.4, -0.2) is 39.4 Å². The zero-order chi connectivity index (χ0) is 9.26. The molecular weight excluding hydrogens is 172 g/mol. The summed E-state index contributed by atoms with van der Waals surface area (Å²) in [6.45, 7) is 1.02. The van der Waals surface area contributed by atoms with Crippen molar-refractivity contribution in [3.63, 3.8) is 0 Å². The Kier molecular flexibility index (Phi) is 2.26. The van der Waals surface area contributed by atoms with Crippen LogP contribution in [0.3, 0.4) is 0 Å². The van der Waals surface area contributed by atoms with E-state index in [9.17, 15) is 0 Å². The SMILES string of the molecule is NC1COCC1n1cc(CO)nn1. The second-order valence-corrected chi connectivity index (χ2v) is 3.12. The van der Waals surface area contributed by atoms with Gasteiger partial charge in [0.1, 0.15) is 5.69 Å². The lowest BCUT2D eigenvalue weighted by Crippen LogP contribution is -2.31. The van der Waals surface area contributed by atoms with Crippen molar-refractivity contribution in [2.45, 2.75) is 18.7 Å². The van der Waals surface area contributed by atoms with Crippen LogP contribution in [0.5, 0.6) is 0 Å². The zero-order valence-corrected chi connectivity index (χ0v) is 7.13. The number of aliphatic hydroxyl groups excluding tert-OH is 1. The normalized spacial score (nSPS) is 28.2. The maximum absolute atomic E-state index is 8.78. The molecule has 2 atom stereocenters. The number of rotatable bonds is 2. The first kappa shape index (κ1) is 8.61. The Bertz CT molecular complexity index is 288. The van der Waals surface area contributed by atoms with Crippen molar-refractivity contribution < 1.29 is 9.84 Å². The van der Waals surface area contributed by atoms with Crippen LogP contribution in [0, 0.1) is 0 Å². The number of aliphatic hydroxyl groups is 1. The summed E-state index contributed by atoms with van der Waals surface area (Å²) in [5.74, 6) is 0. The van der Waals surface area contributed by atoms with E-state index in [1.807, 2.05) is 0 Å². The summed E-state index contributed by atoms with van der Waals surface area (Å²) >= 11 is 0. The van der Waals surface area contributed by atoms with Crippen molar-refractivity contribution in [3.05, 3.63) is 11.9 Å². The molecule has 13 heavy (non-hydrogen) atoms. The molecule has 2 rings (SSSR count). The number of hydrogen-bond acceptors (Lipinski definition) is 5. The van der Waals surface area contributed by atoms with Gasteiger partial charge >= 0.3 is 0 Å². The summed E-state index contributed by atoms with van der Waals surface area (Å²) in [4.78, 5) is 0. The second-order valence-electron chi connectivity index (χ2n) is 3.12. The van der Waals surface area contributed by atoms with Crippen LogP contribution in [-0.2, 0) is 11.3 Å². The average molecular weight is 184 g/mol. The molecule has 72 valence electrons. The zero-order valence-electron chi connectivity index (χ0n) is 7.13. The highest BCUT2D eigenvalue weighted by molar-refractivity contribution is 4.93. The van der Waals surface area contributed by atoms with Crippen LogP contribution in [0.2, 0.25) is 0 Å². The van der Waals surface area contributed by atoms with Crippen molar-refractivity contribution in [2.75, 3.05) is 13.2 Å². The standard InChI is InChI=1S/C7H12N4O2/c8-6-3-13-4-7(6)11-1-5(2-12)9-10-11/h1,6-7,12H,2-4,8H2. The smallest absolute Gasteiger partial charge is 0.108 e. The molecule has 0 spiro atoms. The first-order valence-electron chi connectivity index (χ1n) is 4.16. The van der Waals surface area contributed by atoms with Gasteiger partial charge in [-0.15, -0.1) is 5.10 Å². The van der Waals surface area contributed by atoms with E-state index in [0.29, 0.717) is 18.9 Å². The fraction of sp³-hybridized carbons (Fsp3) is 0.714. The fourth-order valence-corrected chi connectivity index (χ4v) is 1.38. The van der Waals surface area contributed by atoms with Gasteiger partial charge in [-0.2, -0.15) is 0 Å². The van der Waals surface area contributed by atoms with E-state index >= 15 is 0 Å². The van der Waals surface area contributed by atoms with Gasteiger partial charge in [0, 0.05) is 0 Å². The molecule has 6 heteroatoms. The minimum Gasteiger partial charge on any atom is -0.390 e. The molecule has 1 aliphatic heterocycles. The van der Waals surface area contributed by atoms with Gasteiger partial charge in [0.25, 0.3) is 0 Å². The molecule has 3 N–H and O–H groups in total. The molecule has 0 radical (unpaired) electrons. The lowest BCUT2D eigenvalue weighted by molar-refractivity contribution is 0.183. The summed E-state index contributed by atoms with van der Waals surface area (Å²) in [7, 11) is 0. The van der Waals surface area contributed by atoms with E-state index < -0.39 is 0 Å². The van der Waals surface area contributed by atoms with E-state index in [2.05, 4.69) is 10.3 Å². The highest BCUT2D eigenvalue weighted by Gasteiger charge is 2.27. The van der Waals surface area contributed by atoms with E-state index in [1.165, 1.54) is 0 Å². The number of nitrogens with zero attached hydrogens (tertiary/aromatic N) is 3. The summed E-state index contributed by atoms with van der Waals surface area (Å²) in [6.07, 6.45) is 1.69. The van der Waals surface area contributed by atoms with Crippen LogP contribution < -0.4 is 5.73 Å². The Morgan fingerprint density at radius 1 is 1.69 bits per heavy atom. The quantitative estimate of drug-likeness (QED) is 0.594. The van der Waals surface area contributed by atoms with E-state index in [4.69, 9.17) is 15.6 Å². The van der Waals surface area contributed by atoms with Crippen molar-refractivity contribution in [3.8, 4) is 0 Å². The first-order valence-corrected chi connectivity index (χ1v) is 4.16. The third kappa shape index (κ3) is 1.55. The lowest BCUT2D eigenvalue weighted by atomic mass is 10.2. The topological polar surface area (TPSA) is 86.2 Å². The van der Waals surface area contributed by atoms with Crippen molar-refractivity contribution >= 4 is 0 Å². The fourth-order valence-electron chi connectivity index (χ4n) is 1.38. The van der Waals surface area contributed by atoms with Crippen LogP contribution in [0.15, 0.2) is 6.20 Å². The Morgan fingerprint density at radius 3 is 3.08 bits per heavy atom. The van der Waals surface area contributed by atoms with Gasteiger partial charge in [-0.1, -0.05) is 5.21 Å². The number of hydrogen-bond donors (Lipinski definition) is 2. The molecule has 2 heterocycles. The molecule has 1 aliphatic rings. The molecule has 6 nitrogen and oxygen atoms in total. The predicted molar refractivity (Wildman–Crippen MR) is 43.8 cm³/mol. The summed E-state index contributed by atoms with van der Waals surface area (Å²) in [5, 5.41) is 16.4.